The summed E-state index contributed by atoms with van der Waals surface area (Å²) < 4.78 is 16.5. The molecule has 1 aliphatic rings. The third-order valence-corrected chi connectivity index (χ3v) is 4.99. The summed E-state index contributed by atoms with van der Waals surface area (Å²) in [5.74, 6) is -1.21. The van der Waals surface area contributed by atoms with Gasteiger partial charge in [-0.25, -0.2) is 9.18 Å². The highest BCUT2D eigenvalue weighted by molar-refractivity contribution is 6.31. The van der Waals surface area contributed by atoms with Gasteiger partial charge >= 0.3 is 5.69 Å². The van der Waals surface area contributed by atoms with Crippen LogP contribution >= 0.6 is 11.6 Å². The smallest absolute Gasteiger partial charge is 0.330 e. The molecule has 144 valence electrons. The Balaban J connectivity index is 2.03. The molecule has 1 saturated heterocycles. The molecule has 1 unspecified atom stereocenters. The Kier molecular flexibility index (Phi) is 5.48. The summed E-state index contributed by atoms with van der Waals surface area (Å²) in [6.07, 6.45) is 2.10. The Hall–Kier alpha value is -2.45. The summed E-state index contributed by atoms with van der Waals surface area (Å²) in [7, 11) is 2.92. The Morgan fingerprint density at radius 3 is 2.78 bits per heavy atom. The minimum atomic E-state index is -0.672. The number of hydrogen-bond donors (Lipinski definition) is 1. The van der Waals surface area contributed by atoms with E-state index < -0.39 is 23.0 Å². The molecule has 1 amide bonds. The first-order valence-corrected chi connectivity index (χ1v) is 8.89. The summed E-state index contributed by atoms with van der Waals surface area (Å²) in [4.78, 5) is 38.9. The fraction of sp³-hybridized carbons (Fsp3) is 0.389. The Morgan fingerprint density at radius 2 is 2.11 bits per heavy atom. The average molecular weight is 395 g/mol. The summed E-state index contributed by atoms with van der Waals surface area (Å²) in [6, 6.07) is 3.61. The second kappa shape index (κ2) is 7.66. The van der Waals surface area contributed by atoms with Gasteiger partial charge in [-0.2, -0.15) is 0 Å². The SMILES string of the molecule is Cn1cc(CN(C(=O)c2cc(Cl)ccc2F)C2CCNC2)c(=O)n(C)c1=O. The van der Waals surface area contributed by atoms with Crippen LogP contribution in [0.25, 0.3) is 0 Å². The van der Waals surface area contributed by atoms with Crippen molar-refractivity contribution in [1.29, 1.82) is 0 Å². The van der Waals surface area contributed by atoms with Crippen molar-refractivity contribution in [2.75, 3.05) is 13.1 Å². The second-order valence-corrected chi connectivity index (χ2v) is 7.05. The fourth-order valence-electron chi connectivity index (χ4n) is 3.26. The van der Waals surface area contributed by atoms with E-state index in [-0.39, 0.29) is 28.7 Å². The first kappa shape index (κ1) is 19.3. The Labute approximate surface area is 160 Å². The van der Waals surface area contributed by atoms with Crippen LogP contribution in [-0.2, 0) is 20.6 Å². The number of aryl methyl sites for hydroxylation is 1. The highest BCUT2D eigenvalue weighted by atomic mass is 35.5. The lowest BCUT2D eigenvalue weighted by Crippen LogP contribution is -2.45. The molecule has 3 rings (SSSR count). The number of aromatic nitrogens is 2. The molecule has 0 spiro atoms. The largest absolute Gasteiger partial charge is 0.330 e. The molecule has 0 saturated carbocycles. The molecule has 1 fully saturated rings. The predicted molar refractivity (Wildman–Crippen MR) is 99.5 cm³/mol. The van der Waals surface area contributed by atoms with Crippen LogP contribution in [0.15, 0.2) is 34.0 Å². The van der Waals surface area contributed by atoms with Crippen LogP contribution < -0.4 is 16.6 Å². The van der Waals surface area contributed by atoms with E-state index in [1.165, 1.54) is 41.9 Å². The lowest BCUT2D eigenvalue weighted by molar-refractivity contribution is 0.0669. The standard InChI is InChI=1S/C18H20ClFN4O3/c1-22-9-11(16(25)23(2)18(22)27)10-24(13-5-6-21-8-13)17(26)14-7-12(19)3-4-15(14)20/h3-4,7,9,13,21H,5-6,8,10H2,1-2H3. The maximum absolute atomic E-state index is 14.2. The van der Waals surface area contributed by atoms with Crippen molar-refractivity contribution in [3.63, 3.8) is 0 Å². The average Bonchev–Trinajstić information content (AvgIpc) is 3.17. The van der Waals surface area contributed by atoms with Gasteiger partial charge in [-0.15, -0.1) is 0 Å². The highest BCUT2D eigenvalue weighted by Crippen LogP contribution is 2.21. The molecule has 1 atom stereocenters. The predicted octanol–water partition coefficient (Wildman–Crippen LogP) is 0.881. The van der Waals surface area contributed by atoms with E-state index in [4.69, 9.17) is 11.6 Å². The quantitative estimate of drug-likeness (QED) is 0.835. The molecule has 7 nitrogen and oxygen atoms in total. The zero-order chi connectivity index (χ0) is 19.7. The maximum atomic E-state index is 14.2. The number of rotatable bonds is 4. The number of hydrogen-bond acceptors (Lipinski definition) is 4. The fourth-order valence-corrected chi connectivity index (χ4v) is 3.44. The summed E-state index contributed by atoms with van der Waals surface area (Å²) in [5.41, 5.74) is -0.795. The third-order valence-electron chi connectivity index (χ3n) is 4.75. The summed E-state index contributed by atoms with van der Waals surface area (Å²) >= 11 is 5.93. The van der Waals surface area contributed by atoms with Gasteiger partial charge in [0, 0.05) is 37.9 Å². The second-order valence-electron chi connectivity index (χ2n) is 6.62. The highest BCUT2D eigenvalue weighted by Gasteiger charge is 2.30. The van der Waals surface area contributed by atoms with Gasteiger partial charge in [0.1, 0.15) is 5.82 Å². The van der Waals surface area contributed by atoms with Crippen LogP contribution in [0.4, 0.5) is 4.39 Å². The van der Waals surface area contributed by atoms with E-state index in [0.717, 1.165) is 17.2 Å². The molecule has 1 aromatic carbocycles. The Bertz CT molecular complexity index is 995. The zero-order valence-corrected chi connectivity index (χ0v) is 15.8. The number of benzene rings is 1. The topological polar surface area (TPSA) is 76.3 Å². The van der Waals surface area contributed by atoms with E-state index >= 15 is 0 Å². The van der Waals surface area contributed by atoms with E-state index in [9.17, 15) is 18.8 Å². The van der Waals surface area contributed by atoms with Gasteiger partial charge < -0.3 is 14.8 Å². The summed E-state index contributed by atoms with van der Waals surface area (Å²) in [5, 5.41) is 3.42. The normalized spacial score (nSPS) is 16.5. The molecule has 1 aromatic heterocycles. The van der Waals surface area contributed by atoms with Crippen molar-refractivity contribution in [1.82, 2.24) is 19.4 Å². The zero-order valence-electron chi connectivity index (χ0n) is 15.0. The first-order chi connectivity index (χ1) is 12.8. The maximum Gasteiger partial charge on any atom is 0.330 e. The van der Waals surface area contributed by atoms with Crippen molar-refractivity contribution in [2.24, 2.45) is 14.1 Å². The van der Waals surface area contributed by atoms with Crippen LogP contribution in [0.1, 0.15) is 22.3 Å². The minimum Gasteiger partial charge on any atom is -0.330 e. The van der Waals surface area contributed by atoms with Gasteiger partial charge in [0.25, 0.3) is 11.5 Å². The molecule has 2 heterocycles. The van der Waals surface area contributed by atoms with Crippen molar-refractivity contribution >= 4 is 17.5 Å². The molecule has 9 heteroatoms. The molecule has 2 aromatic rings. The molecule has 0 aliphatic carbocycles. The van der Waals surface area contributed by atoms with Gasteiger partial charge in [-0.05, 0) is 31.2 Å². The van der Waals surface area contributed by atoms with Crippen LogP contribution in [0.2, 0.25) is 5.02 Å². The van der Waals surface area contributed by atoms with Gasteiger partial charge in [0.15, 0.2) is 0 Å². The molecule has 27 heavy (non-hydrogen) atoms. The molecule has 1 aliphatic heterocycles. The Morgan fingerprint density at radius 1 is 1.37 bits per heavy atom. The van der Waals surface area contributed by atoms with Crippen molar-refractivity contribution in [3.8, 4) is 0 Å². The first-order valence-electron chi connectivity index (χ1n) is 8.52. The number of amides is 1. The van der Waals surface area contributed by atoms with Crippen LogP contribution in [0.3, 0.4) is 0 Å². The van der Waals surface area contributed by atoms with Crippen LogP contribution in [0, 0.1) is 5.82 Å². The lowest BCUT2D eigenvalue weighted by atomic mass is 10.1. The van der Waals surface area contributed by atoms with E-state index in [1.807, 2.05) is 0 Å². The van der Waals surface area contributed by atoms with E-state index in [0.29, 0.717) is 13.0 Å². The molecule has 0 bridgehead atoms. The van der Waals surface area contributed by atoms with Gasteiger partial charge in [-0.3, -0.25) is 14.2 Å². The number of carbonyl (C=O) groups is 1. The monoisotopic (exact) mass is 394 g/mol. The molecular weight excluding hydrogens is 375 g/mol. The van der Waals surface area contributed by atoms with Crippen LogP contribution in [-0.4, -0.2) is 39.1 Å². The van der Waals surface area contributed by atoms with Gasteiger partial charge in [-0.1, -0.05) is 11.6 Å². The number of nitrogens with zero attached hydrogens (tertiary/aromatic N) is 3. The van der Waals surface area contributed by atoms with Crippen molar-refractivity contribution < 1.29 is 9.18 Å². The lowest BCUT2D eigenvalue weighted by Gasteiger charge is -2.29. The molecular formula is C18H20ClFN4O3. The molecule has 1 N–H and O–H groups in total. The van der Waals surface area contributed by atoms with Crippen LogP contribution in [0.5, 0.6) is 0 Å². The number of nitrogens with one attached hydrogen (secondary N) is 1. The third kappa shape index (κ3) is 3.81. The molecule has 0 radical (unpaired) electrons. The van der Waals surface area contributed by atoms with E-state index in [2.05, 4.69) is 5.32 Å². The van der Waals surface area contributed by atoms with Gasteiger partial charge in [0.05, 0.1) is 17.7 Å². The van der Waals surface area contributed by atoms with E-state index in [1.54, 1.807) is 0 Å². The number of carbonyl (C=O) groups excluding carboxylic acids is 1. The van der Waals surface area contributed by atoms with Gasteiger partial charge in [0.2, 0.25) is 0 Å². The number of halogens is 2. The van der Waals surface area contributed by atoms with Crippen molar-refractivity contribution in [2.45, 2.75) is 19.0 Å². The van der Waals surface area contributed by atoms with Crippen molar-refractivity contribution in [3.05, 3.63) is 67.2 Å². The summed E-state index contributed by atoms with van der Waals surface area (Å²) in [6.45, 7) is 1.23. The minimum absolute atomic E-state index is 0.0298.